The summed E-state index contributed by atoms with van der Waals surface area (Å²) in [6, 6.07) is 14.4. The van der Waals surface area contributed by atoms with Gasteiger partial charge in [0, 0.05) is 23.2 Å². The minimum absolute atomic E-state index is 0.0319. The smallest absolute Gasteiger partial charge is 0.290 e. The van der Waals surface area contributed by atoms with Crippen molar-refractivity contribution in [1.82, 2.24) is 15.1 Å². The van der Waals surface area contributed by atoms with Gasteiger partial charge in [-0.3, -0.25) is 14.4 Å². The number of hydrogen-bond acceptors (Lipinski definition) is 5. The van der Waals surface area contributed by atoms with Gasteiger partial charge < -0.3 is 25.3 Å². The number of likely N-dealkylation sites (tertiary alicyclic amines) is 2. The number of phenols is 1. The number of nitrogens with one attached hydrogen (secondary N) is 1. The lowest BCUT2D eigenvalue weighted by molar-refractivity contribution is -0.193. The lowest BCUT2D eigenvalue weighted by atomic mass is 9.77. The van der Waals surface area contributed by atoms with Gasteiger partial charge in [-0.2, -0.15) is 0 Å². The number of rotatable bonds is 8. The van der Waals surface area contributed by atoms with E-state index in [0.29, 0.717) is 16.0 Å². The van der Waals surface area contributed by atoms with E-state index in [0.717, 1.165) is 11.8 Å². The monoisotopic (exact) mass is 595 g/mol. The summed E-state index contributed by atoms with van der Waals surface area (Å²) in [6.07, 6.45) is -2.02. The fourth-order valence-electron chi connectivity index (χ4n) is 6.02. The van der Waals surface area contributed by atoms with Crippen LogP contribution in [0.3, 0.4) is 0 Å². The number of β-lactam (4-membered cyclic amide) rings is 1. The van der Waals surface area contributed by atoms with Crippen LogP contribution in [0, 0.1) is 19.7 Å². The number of phenolic OH excluding ortho intramolecular Hbond substituents is 1. The molecule has 0 aliphatic carbocycles. The maximum Gasteiger partial charge on any atom is 0.290 e. The molecule has 3 N–H and O–H groups in total. The van der Waals surface area contributed by atoms with E-state index in [2.05, 4.69) is 5.32 Å². The van der Waals surface area contributed by atoms with Gasteiger partial charge in [-0.1, -0.05) is 48.5 Å². The first-order valence-corrected chi connectivity index (χ1v) is 13.8. The summed E-state index contributed by atoms with van der Waals surface area (Å²) < 4.78 is 45.4. The third-order valence-electron chi connectivity index (χ3n) is 8.60. The molecule has 2 saturated heterocycles. The molecule has 43 heavy (non-hydrogen) atoms. The van der Waals surface area contributed by atoms with E-state index in [1.165, 1.54) is 30.3 Å². The number of hydrogen-bond donors (Lipinski definition) is 3. The molecule has 4 atom stereocenters. The molecule has 3 amide bonds. The van der Waals surface area contributed by atoms with Crippen LogP contribution in [-0.4, -0.2) is 73.9 Å². The molecule has 226 valence electrons. The van der Waals surface area contributed by atoms with E-state index in [1.807, 2.05) is 0 Å². The number of nitrogens with zero attached hydrogens (tertiary/aromatic N) is 2. The molecular weight excluding hydrogens is 563 g/mol. The highest BCUT2D eigenvalue weighted by Crippen LogP contribution is 2.53. The zero-order chi connectivity index (χ0) is 31.3. The van der Waals surface area contributed by atoms with Gasteiger partial charge in [0.15, 0.2) is 6.10 Å². The highest BCUT2D eigenvalue weighted by atomic mass is 19.3. The Kier molecular flexibility index (Phi) is 7.72. The first kappa shape index (κ1) is 30.1. The third-order valence-corrected chi connectivity index (χ3v) is 8.60. The van der Waals surface area contributed by atoms with Gasteiger partial charge in [-0.05, 0) is 56.5 Å². The number of benzene rings is 3. The van der Waals surface area contributed by atoms with Crippen LogP contribution in [0.15, 0.2) is 66.7 Å². The summed E-state index contributed by atoms with van der Waals surface area (Å²) in [5.74, 6) is -6.94. The Balaban J connectivity index is 1.42. The van der Waals surface area contributed by atoms with Crippen molar-refractivity contribution in [2.24, 2.45) is 0 Å². The van der Waals surface area contributed by atoms with E-state index in [9.17, 15) is 29.0 Å². The van der Waals surface area contributed by atoms with Crippen LogP contribution in [-0.2, 0) is 22.6 Å². The van der Waals surface area contributed by atoms with Crippen molar-refractivity contribution in [2.75, 3.05) is 6.54 Å². The van der Waals surface area contributed by atoms with Crippen molar-refractivity contribution in [3.8, 4) is 5.75 Å². The Morgan fingerprint density at radius 1 is 1.07 bits per heavy atom. The molecule has 0 bridgehead atoms. The number of amides is 3. The molecule has 3 aromatic carbocycles. The minimum atomic E-state index is -3.57. The Bertz CT molecular complexity index is 1580. The van der Waals surface area contributed by atoms with Gasteiger partial charge in [0.25, 0.3) is 17.7 Å². The number of fused-ring (bicyclic) bond motifs is 1. The molecule has 0 saturated carbocycles. The number of carbonyl (C=O) groups is 3. The fraction of sp³-hybridized carbons (Fsp3) is 0.344. The summed E-state index contributed by atoms with van der Waals surface area (Å²) in [5.41, 5.74) is -0.418. The second-order valence-corrected chi connectivity index (χ2v) is 11.4. The maximum atomic E-state index is 15.6. The largest absolute Gasteiger partial charge is 0.508 e. The van der Waals surface area contributed by atoms with Crippen molar-refractivity contribution in [1.29, 1.82) is 0 Å². The van der Waals surface area contributed by atoms with Gasteiger partial charge in [-0.15, -0.1) is 0 Å². The average Bonchev–Trinajstić information content (AvgIpc) is 3.16. The Morgan fingerprint density at radius 3 is 2.40 bits per heavy atom. The quantitative estimate of drug-likeness (QED) is 0.346. The normalized spacial score (nSPS) is 22.0. The number of aliphatic hydroxyl groups excluding tert-OH is 1. The Morgan fingerprint density at radius 2 is 1.72 bits per heavy atom. The molecule has 11 heteroatoms. The number of halogens is 3. The van der Waals surface area contributed by atoms with E-state index < -0.39 is 66.3 Å². The number of carbonyl (C=O) groups excluding carboxylic acids is 3. The second-order valence-electron chi connectivity index (χ2n) is 11.4. The first-order chi connectivity index (χ1) is 20.3. The Labute approximate surface area is 246 Å². The molecule has 2 heterocycles. The zero-order valence-corrected chi connectivity index (χ0v) is 23.9. The standard InChI is InChI=1S/C32H32F3N3O5/c1-18-13-22(19(2)25(39)14-18)28(41)36-24(15-20-9-5-4-6-10-20)26(40)29(42)37-17-32(34,35)31(3)27(37)30(43)38(31)16-21-11-7-8-12-23(21)33/h4-14,24,26-27,39-40H,15-17H2,1-3H3,(H,36,41)/t24-,26-,27+,31?/m0/s1. The van der Waals surface area contributed by atoms with Crippen molar-refractivity contribution in [3.63, 3.8) is 0 Å². The van der Waals surface area contributed by atoms with Crippen LogP contribution in [0.2, 0.25) is 0 Å². The molecule has 1 unspecified atom stereocenters. The van der Waals surface area contributed by atoms with E-state index in [4.69, 9.17) is 0 Å². The molecule has 0 spiro atoms. The fourth-order valence-corrected chi connectivity index (χ4v) is 6.02. The molecular formula is C32H32F3N3O5. The van der Waals surface area contributed by atoms with Crippen LogP contribution >= 0.6 is 0 Å². The average molecular weight is 596 g/mol. The van der Waals surface area contributed by atoms with E-state index in [1.54, 1.807) is 50.2 Å². The number of aliphatic hydroxyl groups is 1. The van der Waals surface area contributed by atoms with Crippen molar-refractivity contribution in [3.05, 3.63) is 100 Å². The molecule has 2 aliphatic rings. The Hall–Kier alpha value is -4.38. The number of aryl methyl sites for hydroxylation is 1. The summed E-state index contributed by atoms with van der Waals surface area (Å²) in [7, 11) is 0. The molecule has 8 nitrogen and oxygen atoms in total. The minimum Gasteiger partial charge on any atom is -0.508 e. The topological polar surface area (TPSA) is 110 Å². The third kappa shape index (κ3) is 5.11. The first-order valence-electron chi connectivity index (χ1n) is 13.8. The molecule has 0 aromatic heterocycles. The zero-order valence-electron chi connectivity index (χ0n) is 23.9. The van der Waals surface area contributed by atoms with Crippen molar-refractivity contribution in [2.45, 2.75) is 63.4 Å². The molecule has 5 rings (SSSR count). The van der Waals surface area contributed by atoms with Crippen LogP contribution in [0.25, 0.3) is 0 Å². The second kappa shape index (κ2) is 11.0. The van der Waals surface area contributed by atoms with Crippen molar-refractivity contribution < 1.29 is 37.8 Å². The summed E-state index contributed by atoms with van der Waals surface area (Å²) in [6.45, 7) is 2.83. The summed E-state index contributed by atoms with van der Waals surface area (Å²) in [4.78, 5) is 41.8. The molecule has 3 aromatic rings. The van der Waals surface area contributed by atoms with Crippen LogP contribution in [0.1, 0.15) is 39.5 Å². The van der Waals surface area contributed by atoms with Crippen LogP contribution in [0.5, 0.6) is 5.75 Å². The van der Waals surface area contributed by atoms with E-state index >= 15 is 8.78 Å². The SMILES string of the molecule is Cc1cc(O)c(C)c(C(=O)N[C@@H](Cc2ccccc2)[C@H](O)C(=O)N2CC(F)(F)C3(C)[C@H]2C(=O)N3Cc2ccccc2F)c1. The number of aromatic hydroxyl groups is 1. The van der Waals surface area contributed by atoms with Gasteiger partial charge in [0.05, 0.1) is 12.6 Å². The van der Waals surface area contributed by atoms with Crippen LogP contribution in [0.4, 0.5) is 13.2 Å². The van der Waals surface area contributed by atoms with Crippen LogP contribution < -0.4 is 5.32 Å². The van der Waals surface area contributed by atoms with Gasteiger partial charge >= 0.3 is 0 Å². The lowest BCUT2D eigenvalue weighted by Crippen LogP contribution is -2.78. The van der Waals surface area contributed by atoms with Gasteiger partial charge in [-0.25, -0.2) is 13.2 Å². The maximum absolute atomic E-state index is 15.6. The molecule has 2 aliphatic heterocycles. The summed E-state index contributed by atoms with van der Waals surface area (Å²) in [5, 5.41) is 24.2. The van der Waals surface area contributed by atoms with Gasteiger partial charge in [0.1, 0.15) is 23.1 Å². The lowest BCUT2D eigenvalue weighted by Gasteiger charge is -2.54. The van der Waals surface area contributed by atoms with Gasteiger partial charge in [0.2, 0.25) is 5.91 Å². The predicted molar refractivity (Wildman–Crippen MR) is 151 cm³/mol. The highest BCUT2D eigenvalue weighted by Gasteiger charge is 2.77. The summed E-state index contributed by atoms with van der Waals surface area (Å²) >= 11 is 0. The van der Waals surface area contributed by atoms with Crippen molar-refractivity contribution >= 4 is 17.7 Å². The van der Waals surface area contributed by atoms with E-state index in [-0.39, 0.29) is 28.9 Å². The predicted octanol–water partition coefficient (Wildman–Crippen LogP) is 3.50. The number of alkyl halides is 2. The molecule has 0 radical (unpaired) electrons. The molecule has 2 fully saturated rings. The highest BCUT2D eigenvalue weighted by molar-refractivity contribution is 5.99.